The second-order valence-electron chi connectivity index (χ2n) is 4.08. The van der Waals surface area contributed by atoms with Gasteiger partial charge in [0, 0.05) is 10.6 Å². The molecule has 0 spiro atoms. The van der Waals surface area contributed by atoms with Gasteiger partial charge in [-0.2, -0.15) is 0 Å². The van der Waals surface area contributed by atoms with E-state index < -0.39 is 16.3 Å². The van der Waals surface area contributed by atoms with Crippen LogP contribution in [0.15, 0.2) is 59.5 Å². The van der Waals surface area contributed by atoms with Crippen molar-refractivity contribution in [2.75, 3.05) is 0 Å². The number of rotatable bonds is 3. The van der Waals surface area contributed by atoms with Crippen LogP contribution in [0.5, 0.6) is 0 Å². The van der Waals surface area contributed by atoms with Crippen LogP contribution in [0.4, 0.5) is 0 Å². The molecule has 0 N–H and O–H groups in total. The van der Waals surface area contributed by atoms with Crippen LogP contribution >= 0.6 is 11.6 Å². The highest BCUT2D eigenvalue weighted by atomic mass is 35.5. The predicted octanol–water partition coefficient (Wildman–Crippen LogP) is 2.97. The zero-order valence-electron chi connectivity index (χ0n) is 9.73. The van der Waals surface area contributed by atoms with Gasteiger partial charge < -0.3 is 0 Å². The van der Waals surface area contributed by atoms with Crippen LogP contribution in [0.1, 0.15) is 11.8 Å². The summed E-state index contributed by atoms with van der Waals surface area (Å²) in [5.74, 6) is 0. The van der Waals surface area contributed by atoms with E-state index in [9.17, 15) is 8.42 Å². The van der Waals surface area contributed by atoms with E-state index in [1.165, 1.54) is 12.1 Å². The summed E-state index contributed by atoms with van der Waals surface area (Å²) in [7, 11) is -3.60. The third kappa shape index (κ3) is 2.37. The molecule has 0 bridgehead atoms. The first-order valence-corrected chi connectivity index (χ1v) is 7.42. The topological polar surface area (TPSA) is 49.7 Å². The Hall–Kier alpha value is -1.40. The van der Waals surface area contributed by atoms with E-state index in [0.717, 1.165) is 10.0 Å². The molecule has 98 valence electrons. The van der Waals surface area contributed by atoms with Gasteiger partial charge in [-0.3, -0.25) is 4.84 Å². The number of nitrogens with zero attached hydrogens (tertiary/aromatic N) is 1. The zero-order chi connectivity index (χ0) is 13.5. The van der Waals surface area contributed by atoms with Crippen LogP contribution in [-0.4, -0.2) is 12.9 Å². The maximum atomic E-state index is 12.2. The lowest BCUT2D eigenvalue weighted by Crippen LogP contribution is -2.12. The van der Waals surface area contributed by atoms with E-state index in [-0.39, 0.29) is 4.90 Å². The quantitative estimate of drug-likeness (QED) is 0.818. The summed E-state index contributed by atoms with van der Waals surface area (Å²) in [5, 5.41) is 0.599. The molecule has 19 heavy (non-hydrogen) atoms. The van der Waals surface area contributed by atoms with Crippen LogP contribution < -0.4 is 0 Å². The Morgan fingerprint density at radius 2 is 1.63 bits per heavy atom. The number of hydroxylamine groups is 1. The summed E-state index contributed by atoms with van der Waals surface area (Å²) in [6, 6.07) is 15.1. The van der Waals surface area contributed by atoms with Crippen molar-refractivity contribution in [2.24, 2.45) is 0 Å². The number of hydrogen-bond acceptors (Lipinski definition) is 3. The standard InChI is InChI=1S/C13H10ClNO3S/c14-11-8-6-10(7-9-11)13-15(18-13)19(16,17)12-4-2-1-3-5-12/h1-9,13H. The van der Waals surface area contributed by atoms with Gasteiger partial charge in [-0.15, -0.1) is 0 Å². The molecular formula is C13H10ClNO3S. The molecule has 1 aliphatic rings. The van der Waals surface area contributed by atoms with Gasteiger partial charge >= 0.3 is 0 Å². The van der Waals surface area contributed by atoms with Gasteiger partial charge in [-0.25, -0.2) is 8.42 Å². The third-order valence-electron chi connectivity index (χ3n) is 2.78. The highest BCUT2D eigenvalue weighted by Crippen LogP contribution is 2.42. The Balaban J connectivity index is 1.85. The first-order chi connectivity index (χ1) is 9.09. The summed E-state index contributed by atoms with van der Waals surface area (Å²) in [6.45, 7) is 0. The van der Waals surface area contributed by atoms with E-state index >= 15 is 0 Å². The molecule has 0 saturated carbocycles. The molecule has 1 aliphatic heterocycles. The van der Waals surface area contributed by atoms with E-state index in [2.05, 4.69) is 0 Å². The number of sulfonamides is 1. The van der Waals surface area contributed by atoms with Gasteiger partial charge in [-0.05, 0) is 28.7 Å². The molecule has 3 rings (SSSR count). The van der Waals surface area contributed by atoms with Crippen molar-refractivity contribution in [3.05, 3.63) is 65.2 Å². The van der Waals surface area contributed by atoms with Crippen LogP contribution in [0.2, 0.25) is 5.02 Å². The Bertz CT molecular complexity index is 686. The van der Waals surface area contributed by atoms with Crippen LogP contribution in [0.3, 0.4) is 0 Å². The molecule has 2 aromatic carbocycles. The molecular weight excluding hydrogens is 286 g/mol. The summed E-state index contributed by atoms with van der Waals surface area (Å²) < 4.78 is 25.4. The van der Waals surface area contributed by atoms with E-state index in [4.69, 9.17) is 16.4 Å². The van der Waals surface area contributed by atoms with Gasteiger partial charge in [-0.1, -0.05) is 41.9 Å². The van der Waals surface area contributed by atoms with Crippen molar-refractivity contribution in [2.45, 2.75) is 11.1 Å². The van der Waals surface area contributed by atoms with E-state index in [0.29, 0.717) is 5.02 Å². The molecule has 1 fully saturated rings. The Kier molecular flexibility index (Phi) is 3.06. The van der Waals surface area contributed by atoms with Crippen molar-refractivity contribution >= 4 is 21.6 Å². The average Bonchev–Trinajstić information content (AvgIpc) is 3.22. The predicted molar refractivity (Wildman–Crippen MR) is 70.7 cm³/mol. The van der Waals surface area contributed by atoms with Crippen LogP contribution in [0, 0.1) is 0 Å². The first kappa shape index (κ1) is 12.6. The fourth-order valence-corrected chi connectivity index (χ4v) is 3.16. The summed E-state index contributed by atoms with van der Waals surface area (Å²) in [5.41, 5.74) is 0.754. The van der Waals surface area contributed by atoms with E-state index in [1.54, 1.807) is 42.5 Å². The average molecular weight is 296 g/mol. The Morgan fingerprint density at radius 3 is 2.26 bits per heavy atom. The highest BCUT2D eigenvalue weighted by molar-refractivity contribution is 7.89. The molecule has 1 saturated heterocycles. The van der Waals surface area contributed by atoms with Crippen molar-refractivity contribution < 1.29 is 13.3 Å². The molecule has 6 heteroatoms. The van der Waals surface area contributed by atoms with Gasteiger partial charge in [0.25, 0.3) is 10.0 Å². The lowest BCUT2D eigenvalue weighted by molar-refractivity contribution is 0.283. The zero-order valence-corrected chi connectivity index (χ0v) is 11.3. The number of hydrogen-bond donors (Lipinski definition) is 0. The Labute approximate surface area is 116 Å². The molecule has 2 atom stereocenters. The summed E-state index contributed by atoms with van der Waals surface area (Å²) in [4.78, 5) is 5.38. The molecule has 0 aromatic heterocycles. The fourth-order valence-electron chi connectivity index (χ4n) is 1.76. The summed E-state index contributed by atoms with van der Waals surface area (Å²) in [6.07, 6.45) is -0.567. The van der Waals surface area contributed by atoms with Crippen molar-refractivity contribution in [3.8, 4) is 0 Å². The summed E-state index contributed by atoms with van der Waals surface area (Å²) >= 11 is 5.79. The largest absolute Gasteiger partial charge is 0.267 e. The van der Waals surface area contributed by atoms with Gasteiger partial charge in [0.15, 0.2) is 6.23 Å². The minimum absolute atomic E-state index is 0.214. The second kappa shape index (κ2) is 4.61. The second-order valence-corrected chi connectivity index (χ2v) is 6.30. The van der Waals surface area contributed by atoms with E-state index in [1.807, 2.05) is 0 Å². The minimum Gasteiger partial charge on any atom is -0.253 e. The van der Waals surface area contributed by atoms with Gasteiger partial charge in [0.1, 0.15) is 0 Å². The van der Waals surface area contributed by atoms with Crippen molar-refractivity contribution in [1.29, 1.82) is 0 Å². The number of benzene rings is 2. The molecule has 2 unspecified atom stereocenters. The number of halogens is 1. The van der Waals surface area contributed by atoms with Crippen LogP contribution in [0.25, 0.3) is 0 Å². The van der Waals surface area contributed by atoms with Crippen molar-refractivity contribution in [3.63, 3.8) is 0 Å². The maximum absolute atomic E-state index is 12.2. The first-order valence-electron chi connectivity index (χ1n) is 5.61. The smallest absolute Gasteiger partial charge is 0.253 e. The third-order valence-corrected chi connectivity index (χ3v) is 4.65. The maximum Gasteiger partial charge on any atom is 0.267 e. The molecule has 0 amide bonds. The van der Waals surface area contributed by atoms with Crippen molar-refractivity contribution in [1.82, 2.24) is 4.47 Å². The lowest BCUT2D eigenvalue weighted by Gasteiger charge is -2.01. The normalized spacial score (nSPS) is 22.2. The van der Waals surface area contributed by atoms with Gasteiger partial charge in [0.05, 0.1) is 4.90 Å². The molecule has 0 radical (unpaired) electrons. The monoisotopic (exact) mass is 295 g/mol. The van der Waals surface area contributed by atoms with Gasteiger partial charge in [0.2, 0.25) is 0 Å². The molecule has 4 nitrogen and oxygen atoms in total. The van der Waals surface area contributed by atoms with Crippen LogP contribution in [-0.2, 0) is 14.9 Å². The fraction of sp³-hybridized carbons (Fsp3) is 0.0769. The molecule has 0 aliphatic carbocycles. The SMILES string of the molecule is O=S(=O)(c1ccccc1)N1OC1c1ccc(Cl)cc1. The minimum atomic E-state index is -3.60. The highest BCUT2D eigenvalue weighted by Gasteiger charge is 2.48. The lowest BCUT2D eigenvalue weighted by atomic mass is 10.2. The molecule has 2 aromatic rings. The molecule has 1 heterocycles. The Morgan fingerprint density at radius 1 is 1.00 bits per heavy atom.